The maximum absolute atomic E-state index is 11.9. The maximum atomic E-state index is 11.9. The van der Waals surface area contributed by atoms with Crippen molar-refractivity contribution >= 4 is 17.1 Å². The molecule has 0 saturated carbocycles. The number of ketones is 1. The molecule has 0 amide bonds. The summed E-state index contributed by atoms with van der Waals surface area (Å²) in [6.07, 6.45) is 0.244. The number of hydrogen-bond acceptors (Lipinski definition) is 4. The molecule has 2 rings (SSSR count). The van der Waals surface area contributed by atoms with Gasteiger partial charge in [0.15, 0.2) is 5.78 Å². The normalized spacial score (nSPS) is 12.3. The minimum absolute atomic E-state index is 0.0435. The van der Waals surface area contributed by atoms with Crippen LogP contribution in [0.15, 0.2) is 41.8 Å². The second-order valence-electron chi connectivity index (χ2n) is 3.81. The third-order valence-corrected chi connectivity index (χ3v) is 3.44. The standard InChI is InChI=1S/C13H13NO2S/c14-13(12-5-2-6-17-12)11(16)8-9-3-1-4-10(15)7-9/h1-7,13,15H,8,14H2. The van der Waals surface area contributed by atoms with Gasteiger partial charge < -0.3 is 10.8 Å². The number of Topliss-reactive ketones (excluding diaryl/α,β-unsaturated/α-hetero) is 1. The van der Waals surface area contributed by atoms with Crippen LogP contribution in [0, 0.1) is 0 Å². The van der Waals surface area contributed by atoms with Crippen molar-refractivity contribution in [1.82, 2.24) is 0 Å². The summed E-state index contributed by atoms with van der Waals surface area (Å²) in [5, 5.41) is 11.2. The Bertz CT molecular complexity index is 508. The number of carbonyl (C=O) groups is 1. The molecule has 0 bridgehead atoms. The van der Waals surface area contributed by atoms with Gasteiger partial charge in [-0.1, -0.05) is 18.2 Å². The van der Waals surface area contributed by atoms with Gasteiger partial charge in [-0.2, -0.15) is 0 Å². The van der Waals surface area contributed by atoms with Gasteiger partial charge >= 0.3 is 0 Å². The van der Waals surface area contributed by atoms with Crippen LogP contribution in [0.2, 0.25) is 0 Å². The Morgan fingerprint density at radius 3 is 2.82 bits per heavy atom. The Morgan fingerprint density at radius 1 is 1.35 bits per heavy atom. The summed E-state index contributed by atoms with van der Waals surface area (Å²) in [6, 6.07) is 9.84. The van der Waals surface area contributed by atoms with E-state index in [1.807, 2.05) is 17.5 Å². The summed E-state index contributed by atoms with van der Waals surface area (Å²) in [5.74, 6) is 0.123. The van der Waals surface area contributed by atoms with Gasteiger partial charge in [-0.05, 0) is 29.1 Å². The lowest BCUT2D eigenvalue weighted by Crippen LogP contribution is -2.22. The summed E-state index contributed by atoms with van der Waals surface area (Å²) in [4.78, 5) is 12.8. The predicted octanol–water partition coefficient (Wildman–Crippen LogP) is 2.27. The Hall–Kier alpha value is -1.65. The summed E-state index contributed by atoms with van der Waals surface area (Å²) in [5.41, 5.74) is 6.65. The predicted molar refractivity (Wildman–Crippen MR) is 68.1 cm³/mol. The molecule has 1 heterocycles. The highest BCUT2D eigenvalue weighted by molar-refractivity contribution is 7.10. The van der Waals surface area contributed by atoms with Crippen LogP contribution in [0.1, 0.15) is 16.5 Å². The lowest BCUT2D eigenvalue weighted by Gasteiger charge is -2.08. The molecule has 0 aliphatic carbocycles. The van der Waals surface area contributed by atoms with Crippen molar-refractivity contribution in [2.24, 2.45) is 5.73 Å². The van der Waals surface area contributed by atoms with E-state index < -0.39 is 6.04 Å². The SMILES string of the molecule is NC(C(=O)Cc1cccc(O)c1)c1cccs1. The number of phenolic OH excluding ortho intramolecular Hbond substituents is 1. The summed E-state index contributed by atoms with van der Waals surface area (Å²) >= 11 is 1.48. The van der Waals surface area contributed by atoms with Crippen LogP contribution in [-0.4, -0.2) is 10.9 Å². The van der Waals surface area contributed by atoms with Crippen LogP contribution >= 0.6 is 11.3 Å². The molecule has 1 atom stereocenters. The first-order chi connectivity index (χ1) is 8.16. The zero-order valence-corrected chi connectivity index (χ0v) is 9.98. The Labute approximate surface area is 104 Å². The molecule has 4 heteroatoms. The fourth-order valence-corrected chi connectivity index (χ4v) is 2.35. The lowest BCUT2D eigenvalue weighted by molar-refractivity contribution is -0.119. The molecule has 17 heavy (non-hydrogen) atoms. The van der Waals surface area contributed by atoms with Gasteiger partial charge in [0.05, 0.1) is 6.04 Å². The van der Waals surface area contributed by atoms with Crippen molar-refractivity contribution in [3.05, 3.63) is 52.2 Å². The van der Waals surface area contributed by atoms with Crippen molar-refractivity contribution in [1.29, 1.82) is 0 Å². The molecule has 0 saturated heterocycles. The van der Waals surface area contributed by atoms with Crippen molar-refractivity contribution in [2.75, 3.05) is 0 Å². The van der Waals surface area contributed by atoms with Crippen molar-refractivity contribution < 1.29 is 9.90 Å². The van der Waals surface area contributed by atoms with Crippen molar-refractivity contribution in [3.63, 3.8) is 0 Å². The molecular weight excluding hydrogens is 234 g/mol. The minimum atomic E-state index is -0.572. The molecule has 0 aliphatic heterocycles. The third kappa shape index (κ3) is 2.93. The van der Waals surface area contributed by atoms with Gasteiger partial charge in [0, 0.05) is 11.3 Å². The Balaban J connectivity index is 2.07. The average molecular weight is 247 g/mol. The van der Waals surface area contributed by atoms with Gasteiger partial charge in [0.25, 0.3) is 0 Å². The third-order valence-electron chi connectivity index (χ3n) is 2.49. The van der Waals surface area contributed by atoms with E-state index in [0.717, 1.165) is 10.4 Å². The molecule has 0 spiro atoms. The van der Waals surface area contributed by atoms with E-state index in [1.165, 1.54) is 11.3 Å². The van der Waals surface area contributed by atoms with Crippen LogP contribution in [0.4, 0.5) is 0 Å². The van der Waals surface area contributed by atoms with Gasteiger partial charge in [-0.3, -0.25) is 4.79 Å². The van der Waals surface area contributed by atoms with Crippen LogP contribution in [-0.2, 0) is 11.2 Å². The van der Waals surface area contributed by atoms with E-state index >= 15 is 0 Å². The number of thiophene rings is 1. The van der Waals surface area contributed by atoms with Crippen LogP contribution < -0.4 is 5.73 Å². The van der Waals surface area contributed by atoms with E-state index in [0.29, 0.717) is 0 Å². The topological polar surface area (TPSA) is 63.3 Å². The molecule has 1 aromatic heterocycles. The van der Waals surface area contributed by atoms with Gasteiger partial charge in [-0.25, -0.2) is 0 Å². The van der Waals surface area contributed by atoms with E-state index in [4.69, 9.17) is 5.73 Å². The highest BCUT2D eigenvalue weighted by Gasteiger charge is 2.16. The summed E-state index contributed by atoms with van der Waals surface area (Å²) in [6.45, 7) is 0. The molecule has 3 nitrogen and oxygen atoms in total. The number of phenols is 1. The zero-order chi connectivity index (χ0) is 12.3. The minimum Gasteiger partial charge on any atom is -0.508 e. The molecule has 1 unspecified atom stereocenters. The highest BCUT2D eigenvalue weighted by atomic mass is 32.1. The molecule has 1 aromatic carbocycles. The van der Waals surface area contributed by atoms with Gasteiger partial charge in [0.2, 0.25) is 0 Å². The lowest BCUT2D eigenvalue weighted by atomic mass is 10.0. The highest BCUT2D eigenvalue weighted by Crippen LogP contribution is 2.20. The average Bonchev–Trinajstić information content (AvgIpc) is 2.81. The van der Waals surface area contributed by atoms with E-state index in [1.54, 1.807) is 24.3 Å². The van der Waals surface area contributed by atoms with Crippen LogP contribution in [0.5, 0.6) is 5.75 Å². The number of benzene rings is 1. The number of carbonyl (C=O) groups excluding carboxylic acids is 1. The summed E-state index contributed by atoms with van der Waals surface area (Å²) < 4.78 is 0. The fourth-order valence-electron chi connectivity index (χ4n) is 1.60. The Morgan fingerprint density at radius 2 is 2.18 bits per heavy atom. The van der Waals surface area contributed by atoms with Crippen LogP contribution in [0.3, 0.4) is 0 Å². The first-order valence-corrected chi connectivity index (χ1v) is 6.14. The molecule has 0 fully saturated rings. The molecular formula is C13H13NO2S. The van der Waals surface area contributed by atoms with Crippen molar-refractivity contribution in [3.8, 4) is 5.75 Å². The van der Waals surface area contributed by atoms with E-state index in [9.17, 15) is 9.90 Å². The Kier molecular flexibility index (Phi) is 3.56. The first-order valence-electron chi connectivity index (χ1n) is 5.26. The molecule has 88 valence electrons. The van der Waals surface area contributed by atoms with Crippen molar-refractivity contribution in [2.45, 2.75) is 12.5 Å². The van der Waals surface area contributed by atoms with Gasteiger partial charge in [-0.15, -0.1) is 11.3 Å². The first kappa shape index (κ1) is 11.8. The van der Waals surface area contributed by atoms with E-state index in [2.05, 4.69) is 0 Å². The smallest absolute Gasteiger partial charge is 0.159 e. The second-order valence-corrected chi connectivity index (χ2v) is 4.79. The number of rotatable bonds is 4. The summed E-state index contributed by atoms with van der Waals surface area (Å²) in [7, 11) is 0. The second kappa shape index (κ2) is 5.12. The quantitative estimate of drug-likeness (QED) is 0.871. The van der Waals surface area contributed by atoms with Crippen LogP contribution in [0.25, 0.3) is 0 Å². The number of aromatic hydroxyl groups is 1. The zero-order valence-electron chi connectivity index (χ0n) is 9.17. The maximum Gasteiger partial charge on any atom is 0.159 e. The van der Waals surface area contributed by atoms with Gasteiger partial charge in [0.1, 0.15) is 5.75 Å². The fraction of sp³-hybridized carbons (Fsp3) is 0.154. The monoisotopic (exact) mass is 247 g/mol. The largest absolute Gasteiger partial charge is 0.508 e. The number of hydrogen-bond donors (Lipinski definition) is 2. The molecule has 2 aromatic rings. The molecule has 0 aliphatic rings. The number of nitrogens with two attached hydrogens (primary N) is 1. The molecule has 0 radical (unpaired) electrons. The van der Waals surface area contributed by atoms with E-state index in [-0.39, 0.29) is 18.0 Å². The molecule has 3 N–H and O–H groups in total.